The van der Waals surface area contributed by atoms with Crippen molar-refractivity contribution in [1.29, 1.82) is 0 Å². The fraction of sp³-hybridized carbons (Fsp3) is 0.200. The minimum atomic E-state index is -4.04. The summed E-state index contributed by atoms with van der Waals surface area (Å²) in [5.74, 6) is -4.58. The summed E-state index contributed by atoms with van der Waals surface area (Å²) in [5, 5.41) is 21.0. The number of non-ortho nitro benzene ring substituents is 1. The Labute approximate surface area is 113 Å². The van der Waals surface area contributed by atoms with Crippen LogP contribution in [-0.4, -0.2) is 41.8 Å². The third-order valence-corrected chi connectivity index (χ3v) is 3.45. The van der Waals surface area contributed by atoms with Crippen LogP contribution in [0.5, 0.6) is 0 Å². The molecule has 1 aromatic rings. The van der Waals surface area contributed by atoms with Crippen molar-refractivity contribution in [3.05, 3.63) is 34.4 Å². The van der Waals surface area contributed by atoms with Gasteiger partial charge in [0.1, 0.15) is 11.5 Å². The molecule has 0 radical (unpaired) electrons. The van der Waals surface area contributed by atoms with E-state index < -0.39 is 38.1 Å². The number of nitro benzene ring substituents is 1. The number of aliphatic carboxylic acids is 1. The second kappa shape index (κ2) is 6.10. The van der Waals surface area contributed by atoms with Gasteiger partial charge < -0.3 is 10.4 Å². The monoisotopic (exact) mass is 302 g/mol. The van der Waals surface area contributed by atoms with E-state index in [9.17, 15) is 28.1 Å². The predicted octanol–water partition coefficient (Wildman–Crippen LogP) is 0.0327. The van der Waals surface area contributed by atoms with Crippen molar-refractivity contribution in [3.8, 4) is 0 Å². The molecule has 0 fully saturated rings. The zero-order valence-electron chi connectivity index (χ0n) is 9.98. The largest absolute Gasteiger partial charge is 0.480 e. The number of carbonyl (C=O) groups excluding carboxylic acids is 1. The number of amides is 1. The Hall–Kier alpha value is -2.49. The van der Waals surface area contributed by atoms with Gasteiger partial charge in [0.25, 0.3) is 5.69 Å². The van der Waals surface area contributed by atoms with Crippen molar-refractivity contribution in [1.82, 2.24) is 0 Å². The topological polar surface area (TPSA) is 144 Å². The Bertz CT molecular complexity index is 636. The lowest BCUT2D eigenvalue weighted by molar-refractivity contribution is -0.384. The number of nitrogens with zero attached hydrogens (tertiary/aromatic N) is 1. The summed E-state index contributed by atoms with van der Waals surface area (Å²) in [6.07, 6.45) is 0. The number of carbonyl (C=O) groups is 2. The smallest absolute Gasteiger partial charge is 0.318 e. The average molecular weight is 302 g/mol. The fourth-order valence-corrected chi connectivity index (χ4v) is 2.25. The van der Waals surface area contributed by atoms with E-state index in [2.05, 4.69) is 5.32 Å². The quantitative estimate of drug-likeness (QED) is 0.557. The maximum Gasteiger partial charge on any atom is 0.318 e. The van der Waals surface area contributed by atoms with Gasteiger partial charge >= 0.3 is 5.97 Å². The van der Waals surface area contributed by atoms with E-state index >= 15 is 0 Å². The minimum absolute atomic E-state index is 0.172. The minimum Gasteiger partial charge on any atom is -0.480 e. The Morgan fingerprint density at radius 3 is 2.20 bits per heavy atom. The van der Waals surface area contributed by atoms with Gasteiger partial charge in [-0.15, -0.1) is 0 Å². The Balaban J connectivity index is 2.67. The van der Waals surface area contributed by atoms with Gasteiger partial charge in [0.2, 0.25) is 5.91 Å². The van der Waals surface area contributed by atoms with Gasteiger partial charge in [0.05, 0.1) is 4.92 Å². The number of hydrogen-bond donors (Lipinski definition) is 2. The first-order valence-corrected chi connectivity index (χ1v) is 6.98. The highest BCUT2D eigenvalue weighted by Gasteiger charge is 2.20. The number of carboxylic acids is 1. The number of nitro groups is 1. The number of sulfone groups is 1. The molecule has 0 saturated heterocycles. The molecule has 0 aliphatic rings. The lowest BCUT2D eigenvalue weighted by Crippen LogP contribution is -2.27. The van der Waals surface area contributed by atoms with Crippen molar-refractivity contribution in [2.75, 3.05) is 16.8 Å². The SMILES string of the molecule is O=C(O)CS(=O)(=O)CC(=O)Nc1ccc([N+](=O)[O-])cc1. The van der Waals surface area contributed by atoms with Crippen LogP contribution >= 0.6 is 0 Å². The highest BCUT2D eigenvalue weighted by atomic mass is 32.2. The van der Waals surface area contributed by atoms with Crippen molar-refractivity contribution < 1.29 is 28.0 Å². The lowest BCUT2D eigenvalue weighted by Gasteiger charge is -2.04. The molecule has 0 aromatic heterocycles. The number of carboxylic acid groups (broad SMARTS) is 1. The molecular weight excluding hydrogens is 292 g/mol. The van der Waals surface area contributed by atoms with Gasteiger partial charge in [-0.3, -0.25) is 19.7 Å². The van der Waals surface area contributed by atoms with E-state index in [-0.39, 0.29) is 11.4 Å². The zero-order valence-corrected chi connectivity index (χ0v) is 10.8. The molecule has 0 bridgehead atoms. The van der Waals surface area contributed by atoms with E-state index in [4.69, 9.17) is 5.11 Å². The summed E-state index contributed by atoms with van der Waals surface area (Å²) in [5.41, 5.74) is -0.00683. The molecule has 0 heterocycles. The Morgan fingerprint density at radius 2 is 1.75 bits per heavy atom. The molecule has 0 saturated carbocycles. The molecule has 20 heavy (non-hydrogen) atoms. The molecule has 0 aliphatic heterocycles. The second-order valence-corrected chi connectivity index (χ2v) is 5.84. The summed E-state index contributed by atoms with van der Waals surface area (Å²) in [7, 11) is -4.04. The molecule has 1 rings (SSSR count). The van der Waals surface area contributed by atoms with Crippen LogP contribution in [0, 0.1) is 10.1 Å². The number of anilines is 1. The summed E-state index contributed by atoms with van der Waals surface area (Å²) >= 11 is 0. The van der Waals surface area contributed by atoms with E-state index in [1.54, 1.807) is 0 Å². The van der Waals surface area contributed by atoms with Crippen molar-refractivity contribution in [2.45, 2.75) is 0 Å². The molecule has 0 aliphatic carbocycles. The molecule has 1 amide bonds. The van der Waals surface area contributed by atoms with Crippen LogP contribution in [0.25, 0.3) is 0 Å². The maximum atomic E-state index is 11.4. The van der Waals surface area contributed by atoms with E-state index in [1.807, 2.05) is 0 Å². The number of benzene rings is 1. The van der Waals surface area contributed by atoms with E-state index in [1.165, 1.54) is 12.1 Å². The van der Waals surface area contributed by atoms with Gasteiger partial charge in [-0.2, -0.15) is 0 Å². The van der Waals surface area contributed by atoms with Crippen molar-refractivity contribution in [3.63, 3.8) is 0 Å². The molecule has 0 spiro atoms. The van der Waals surface area contributed by atoms with Gasteiger partial charge in [0.15, 0.2) is 9.84 Å². The van der Waals surface area contributed by atoms with Crippen molar-refractivity contribution in [2.24, 2.45) is 0 Å². The zero-order chi connectivity index (χ0) is 15.3. The lowest BCUT2D eigenvalue weighted by atomic mass is 10.3. The van der Waals surface area contributed by atoms with Crippen LogP contribution in [-0.2, 0) is 19.4 Å². The molecule has 108 valence electrons. The first kappa shape index (κ1) is 15.6. The summed E-state index contributed by atoms with van der Waals surface area (Å²) in [4.78, 5) is 31.5. The Kier molecular flexibility index (Phi) is 4.75. The number of nitrogens with one attached hydrogen (secondary N) is 1. The predicted molar refractivity (Wildman–Crippen MR) is 68.0 cm³/mol. The molecule has 0 unspecified atom stereocenters. The summed E-state index contributed by atoms with van der Waals surface area (Å²) < 4.78 is 22.5. The maximum absolute atomic E-state index is 11.4. The first-order valence-electron chi connectivity index (χ1n) is 5.16. The normalized spacial score (nSPS) is 10.8. The Morgan fingerprint density at radius 1 is 1.20 bits per heavy atom. The average Bonchev–Trinajstić information content (AvgIpc) is 2.26. The van der Waals surface area contributed by atoms with Gasteiger partial charge in [-0.05, 0) is 12.1 Å². The van der Waals surface area contributed by atoms with Crippen LogP contribution in [0.2, 0.25) is 0 Å². The third kappa shape index (κ3) is 5.02. The molecule has 2 N–H and O–H groups in total. The van der Waals surface area contributed by atoms with Crippen LogP contribution < -0.4 is 5.32 Å². The molecule has 0 atom stereocenters. The van der Waals surface area contributed by atoms with Gasteiger partial charge in [-0.25, -0.2) is 8.42 Å². The van der Waals surface area contributed by atoms with Crippen molar-refractivity contribution >= 4 is 33.1 Å². The van der Waals surface area contributed by atoms with Gasteiger partial charge in [0, 0.05) is 17.8 Å². The van der Waals surface area contributed by atoms with Crippen LogP contribution in [0.15, 0.2) is 24.3 Å². The third-order valence-electron chi connectivity index (χ3n) is 2.06. The number of rotatable bonds is 6. The second-order valence-electron chi connectivity index (χ2n) is 3.78. The highest BCUT2D eigenvalue weighted by molar-refractivity contribution is 7.92. The molecule has 10 heteroatoms. The number of hydrogen-bond acceptors (Lipinski definition) is 6. The standard InChI is InChI=1S/C10H10N2O7S/c13-9(5-20(18,19)6-10(14)15)11-7-1-3-8(4-2-7)12(16)17/h1-4H,5-6H2,(H,11,13)(H,14,15). The van der Waals surface area contributed by atoms with E-state index in [0.717, 1.165) is 12.1 Å². The summed E-state index contributed by atoms with van der Waals surface area (Å²) in [6.45, 7) is 0. The van der Waals surface area contributed by atoms with Crippen LogP contribution in [0.3, 0.4) is 0 Å². The molecular formula is C10H10N2O7S. The van der Waals surface area contributed by atoms with E-state index in [0.29, 0.717) is 0 Å². The molecule has 9 nitrogen and oxygen atoms in total. The fourth-order valence-electron chi connectivity index (χ4n) is 1.30. The first-order chi connectivity index (χ1) is 9.19. The molecule has 1 aromatic carbocycles. The summed E-state index contributed by atoms with van der Waals surface area (Å²) in [6, 6.07) is 4.75. The van der Waals surface area contributed by atoms with Gasteiger partial charge in [-0.1, -0.05) is 0 Å². The van der Waals surface area contributed by atoms with Crippen LogP contribution in [0.4, 0.5) is 11.4 Å². The van der Waals surface area contributed by atoms with Crippen LogP contribution in [0.1, 0.15) is 0 Å². The highest BCUT2D eigenvalue weighted by Crippen LogP contribution is 2.15.